The molecule has 1 heterocycles. The summed E-state index contributed by atoms with van der Waals surface area (Å²) in [6, 6.07) is 2.86. The largest absolute Gasteiger partial charge is 0.487 e. The van der Waals surface area contributed by atoms with E-state index in [1.807, 2.05) is 19.9 Å². The Bertz CT molecular complexity index is 599. The zero-order valence-corrected chi connectivity index (χ0v) is 14.0. The van der Waals surface area contributed by atoms with Gasteiger partial charge in [-0.3, -0.25) is 4.79 Å². The number of ether oxygens (including phenoxy) is 1. The Hall–Kier alpha value is -1.23. The maximum Gasteiger partial charge on any atom is 0.320 e. The minimum atomic E-state index is -0.836. The lowest BCUT2D eigenvalue weighted by molar-refractivity contribution is -0.139. The normalized spacial score (nSPS) is 15.0. The number of carboxylic acid groups (broad SMARTS) is 1. The van der Waals surface area contributed by atoms with Crippen molar-refractivity contribution in [1.82, 2.24) is 5.32 Å². The maximum atomic E-state index is 11.2. The number of aliphatic carboxylic acids is 1. The first-order chi connectivity index (χ1) is 10.4. The molecule has 0 unspecified atom stereocenters. The monoisotopic (exact) mass is 343 g/mol. The molecule has 1 aromatic carbocycles. The van der Waals surface area contributed by atoms with Gasteiger partial charge >= 0.3 is 5.97 Å². The van der Waals surface area contributed by atoms with E-state index in [-0.39, 0.29) is 0 Å². The summed E-state index contributed by atoms with van der Waals surface area (Å²) < 4.78 is 5.65. The Morgan fingerprint density at radius 3 is 2.77 bits per heavy atom. The summed E-state index contributed by atoms with van der Waals surface area (Å²) in [5.41, 5.74) is 1.78. The molecule has 0 radical (unpaired) electrons. The van der Waals surface area contributed by atoms with Gasteiger partial charge in [0.05, 0.1) is 5.02 Å². The topological polar surface area (TPSA) is 58.6 Å². The van der Waals surface area contributed by atoms with Crippen LogP contribution in [0.2, 0.25) is 10.0 Å². The van der Waals surface area contributed by atoms with E-state index in [9.17, 15) is 9.90 Å². The van der Waals surface area contributed by atoms with Gasteiger partial charge in [-0.1, -0.05) is 37.0 Å². The minimum absolute atomic E-state index is 0.309. The summed E-state index contributed by atoms with van der Waals surface area (Å²) in [6.07, 6.45) is 2.52. The van der Waals surface area contributed by atoms with Crippen molar-refractivity contribution in [2.75, 3.05) is 13.2 Å². The van der Waals surface area contributed by atoms with Gasteiger partial charge in [0.1, 0.15) is 18.4 Å². The van der Waals surface area contributed by atoms with Crippen LogP contribution in [0.5, 0.6) is 5.75 Å². The number of hydrogen-bond donors (Lipinski definition) is 2. The van der Waals surface area contributed by atoms with Crippen LogP contribution in [0.1, 0.15) is 25.8 Å². The van der Waals surface area contributed by atoms with E-state index in [1.54, 1.807) is 12.1 Å². The molecule has 6 heteroatoms. The first-order valence-electron chi connectivity index (χ1n) is 7.14. The average Bonchev–Trinajstić information content (AvgIpc) is 2.42. The van der Waals surface area contributed by atoms with E-state index < -0.39 is 12.0 Å². The Morgan fingerprint density at radius 2 is 2.14 bits per heavy atom. The van der Waals surface area contributed by atoms with Gasteiger partial charge in [0.15, 0.2) is 0 Å². The van der Waals surface area contributed by atoms with E-state index in [2.05, 4.69) is 5.32 Å². The Kier molecular flexibility index (Phi) is 5.73. The number of fused-ring (bicyclic) bond motifs is 1. The van der Waals surface area contributed by atoms with E-state index in [0.29, 0.717) is 41.3 Å². The molecule has 0 spiro atoms. The number of carboxylic acids is 1. The SMILES string of the molecule is CC(C)C[C@@H](NCC1=Cc2cc(Cl)cc(Cl)c2OC1)C(=O)O. The molecule has 0 aromatic heterocycles. The summed E-state index contributed by atoms with van der Waals surface area (Å²) >= 11 is 12.1. The zero-order valence-electron chi connectivity index (χ0n) is 12.5. The molecule has 1 aromatic rings. The van der Waals surface area contributed by atoms with Crippen LogP contribution in [0.25, 0.3) is 6.08 Å². The van der Waals surface area contributed by atoms with Crippen LogP contribution in [0.4, 0.5) is 0 Å². The highest BCUT2D eigenvalue weighted by atomic mass is 35.5. The van der Waals surface area contributed by atoms with Gasteiger partial charge in [-0.15, -0.1) is 0 Å². The van der Waals surface area contributed by atoms with Crippen LogP contribution >= 0.6 is 23.2 Å². The van der Waals surface area contributed by atoms with E-state index in [4.69, 9.17) is 27.9 Å². The van der Waals surface area contributed by atoms with Gasteiger partial charge in [0, 0.05) is 17.1 Å². The molecular formula is C16H19Cl2NO3. The predicted molar refractivity (Wildman–Crippen MR) is 88.8 cm³/mol. The molecule has 0 saturated heterocycles. The van der Waals surface area contributed by atoms with Crippen LogP contribution in [0.3, 0.4) is 0 Å². The van der Waals surface area contributed by atoms with Gasteiger partial charge < -0.3 is 15.2 Å². The summed E-state index contributed by atoms with van der Waals surface area (Å²) in [7, 11) is 0. The van der Waals surface area contributed by atoms with Crippen molar-refractivity contribution in [3.63, 3.8) is 0 Å². The second-order valence-corrected chi connectivity index (χ2v) is 6.64. The molecule has 1 aliphatic rings. The van der Waals surface area contributed by atoms with Crippen molar-refractivity contribution in [2.24, 2.45) is 5.92 Å². The predicted octanol–water partition coefficient (Wildman–Crippen LogP) is 3.86. The molecule has 0 aliphatic carbocycles. The first-order valence-corrected chi connectivity index (χ1v) is 7.90. The molecule has 4 nitrogen and oxygen atoms in total. The van der Waals surface area contributed by atoms with Crippen molar-refractivity contribution >= 4 is 35.2 Å². The number of carbonyl (C=O) groups is 1. The fourth-order valence-corrected chi connectivity index (χ4v) is 2.93. The van der Waals surface area contributed by atoms with Crippen LogP contribution in [-0.4, -0.2) is 30.3 Å². The van der Waals surface area contributed by atoms with Gasteiger partial charge in [-0.05, 0) is 36.1 Å². The standard InChI is InChI=1S/C16H19Cl2NO3/c1-9(2)3-14(16(20)21)19-7-10-4-11-5-12(17)6-13(18)15(11)22-8-10/h4-6,9,14,19H,3,7-8H2,1-2H3,(H,20,21)/t14-/m1/s1. The molecule has 0 amide bonds. The molecule has 2 N–H and O–H groups in total. The summed E-state index contributed by atoms with van der Waals surface area (Å²) in [5, 5.41) is 13.3. The molecular weight excluding hydrogens is 325 g/mol. The number of benzene rings is 1. The smallest absolute Gasteiger partial charge is 0.320 e. The number of hydrogen-bond acceptors (Lipinski definition) is 3. The summed E-state index contributed by atoms with van der Waals surface area (Å²) in [6.45, 7) is 4.84. The third kappa shape index (κ3) is 4.38. The van der Waals surface area contributed by atoms with Crippen LogP contribution in [-0.2, 0) is 4.79 Å². The highest BCUT2D eigenvalue weighted by molar-refractivity contribution is 6.36. The van der Waals surface area contributed by atoms with Gasteiger partial charge in [0.2, 0.25) is 0 Å². The van der Waals surface area contributed by atoms with Crippen molar-refractivity contribution in [3.05, 3.63) is 33.3 Å². The van der Waals surface area contributed by atoms with Crippen molar-refractivity contribution in [1.29, 1.82) is 0 Å². The summed E-state index contributed by atoms with van der Waals surface area (Å²) in [4.78, 5) is 11.2. The first kappa shape index (κ1) is 17.1. The molecule has 0 bridgehead atoms. The van der Waals surface area contributed by atoms with Crippen molar-refractivity contribution < 1.29 is 14.6 Å². The highest BCUT2D eigenvalue weighted by Gasteiger charge is 2.20. The maximum absolute atomic E-state index is 11.2. The number of halogens is 2. The van der Waals surface area contributed by atoms with Crippen molar-refractivity contribution in [2.45, 2.75) is 26.3 Å². The average molecular weight is 344 g/mol. The van der Waals surface area contributed by atoms with Gasteiger partial charge in [-0.25, -0.2) is 0 Å². The Morgan fingerprint density at radius 1 is 1.41 bits per heavy atom. The fraction of sp³-hybridized carbons (Fsp3) is 0.438. The van der Waals surface area contributed by atoms with Crippen LogP contribution in [0.15, 0.2) is 17.7 Å². The Labute approximate surface area is 140 Å². The molecule has 2 rings (SSSR count). The lowest BCUT2D eigenvalue weighted by Gasteiger charge is -2.22. The van der Waals surface area contributed by atoms with Crippen LogP contribution < -0.4 is 10.1 Å². The molecule has 22 heavy (non-hydrogen) atoms. The quantitative estimate of drug-likeness (QED) is 0.823. The second kappa shape index (κ2) is 7.36. The van der Waals surface area contributed by atoms with E-state index in [1.165, 1.54) is 0 Å². The molecule has 0 saturated carbocycles. The minimum Gasteiger partial charge on any atom is -0.487 e. The van der Waals surface area contributed by atoms with Gasteiger partial charge in [0.25, 0.3) is 0 Å². The fourth-order valence-electron chi connectivity index (χ4n) is 2.37. The third-order valence-electron chi connectivity index (χ3n) is 3.38. The van der Waals surface area contributed by atoms with E-state index >= 15 is 0 Å². The second-order valence-electron chi connectivity index (χ2n) is 5.80. The van der Waals surface area contributed by atoms with Crippen LogP contribution in [0, 0.1) is 5.92 Å². The lowest BCUT2D eigenvalue weighted by Crippen LogP contribution is -2.39. The van der Waals surface area contributed by atoms with Gasteiger partial charge in [-0.2, -0.15) is 0 Å². The van der Waals surface area contributed by atoms with E-state index in [0.717, 1.165) is 11.1 Å². The highest BCUT2D eigenvalue weighted by Crippen LogP contribution is 2.36. The number of rotatable bonds is 6. The molecule has 0 fully saturated rings. The zero-order chi connectivity index (χ0) is 16.3. The Balaban J connectivity index is 2.07. The molecule has 1 aliphatic heterocycles. The molecule has 120 valence electrons. The number of nitrogens with one attached hydrogen (secondary N) is 1. The van der Waals surface area contributed by atoms with Crippen molar-refractivity contribution in [3.8, 4) is 5.75 Å². The molecule has 1 atom stereocenters. The summed E-state index contributed by atoms with van der Waals surface area (Å²) in [5.74, 6) is 0.0906. The lowest BCUT2D eigenvalue weighted by atomic mass is 10.0. The third-order valence-corrected chi connectivity index (χ3v) is 3.88.